The Morgan fingerprint density at radius 2 is 1.94 bits per heavy atom. The van der Waals surface area contributed by atoms with Crippen molar-refractivity contribution >= 4 is 21.7 Å². The van der Waals surface area contributed by atoms with Gasteiger partial charge in [0.2, 0.25) is 0 Å². The van der Waals surface area contributed by atoms with E-state index in [1.165, 1.54) is 24.3 Å². The Balaban J connectivity index is 2.73. The molecule has 0 atom stereocenters. The molecule has 0 radical (unpaired) electrons. The molecule has 0 bridgehead atoms. The number of hydrogen-bond acceptors (Lipinski definition) is 3. The predicted octanol–water partition coefficient (Wildman–Crippen LogP) is 2.71. The highest BCUT2D eigenvalue weighted by atomic mass is 35.5. The molecule has 16 heavy (non-hydrogen) atoms. The molecule has 0 aromatic heterocycles. The Kier molecular flexibility index (Phi) is 3.82. The van der Waals surface area contributed by atoms with E-state index in [0.717, 1.165) is 0 Å². The quantitative estimate of drug-likeness (QED) is 0.629. The van der Waals surface area contributed by atoms with Crippen molar-refractivity contribution < 1.29 is 25.8 Å². The predicted molar refractivity (Wildman–Crippen MR) is 51.2 cm³/mol. The number of benzene rings is 1. The van der Waals surface area contributed by atoms with E-state index in [1.54, 1.807) is 0 Å². The molecule has 1 aromatic rings. The summed E-state index contributed by atoms with van der Waals surface area (Å²) in [6, 6.07) is 5.69. The third-order valence-electron chi connectivity index (χ3n) is 1.55. The van der Waals surface area contributed by atoms with Crippen LogP contribution in [0.1, 0.15) is 5.56 Å². The van der Waals surface area contributed by atoms with Crippen LogP contribution in [0.15, 0.2) is 24.3 Å². The fourth-order valence-electron chi connectivity index (χ4n) is 0.839. The van der Waals surface area contributed by atoms with Gasteiger partial charge in [-0.2, -0.15) is 21.6 Å². The first-order valence-electron chi connectivity index (χ1n) is 3.92. The van der Waals surface area contributed by atoms with Gasteiger partial charge in [-0.05, 0) is 17.7 Å². The Labute approximate surface area is 94.9 Å². The van der Waals surface area contributed by atoms with Crippen molar-refractivity contribution in [1.82, 2.24) is 0 Å². The Hall–Kier alpha value is -0.790. The van der Waals surface area contributed by atoms with Gasteiger partial charge in [-0.1, -0.05) is 23.7 Å². The van der Waals surface area contributed by atoms with Gasteiger partial charge in [0.25, 0.3) is 0 Å². The van der Waals surface area contributed by atoms with Gasteiger partial charge in [-0.3, -0.25) is 4.18 Å². The first-order valence-corrected chi connectivity index (χ1v) is 5.71. The highest BCUT2D eigenvalue weighted by Gasteiger charge is 2.47. The lowest BCUT2D eigenvalue weighted by molar-refractivity contribution is -0.0547. The monoisotopic (exact) mass is 274 g/mol. The average molecular weight is 275 g/mol. The molecule has 8 heteroatoms. The molecular formula is C8H6ClF3O3S. The molecule has 1 rings (SSSR count). The second-order valence-electron chi connectivity index (χ2n) is 2.79. The van der Waals surface area contributed by atoms with Crippen LogP contribution in [0.25, 0.3) is 0 Å². The smallest absolute Gasteiger partial charge is 0.258 e. The zero-order valence-corrected chi connectivity index (χ0v) is 9.23. The molecule has 90 valence electrons. The summed E-state index contributed by atoms with van der Waals surface area (Å²) in [5, 5.41) is 0.283. The lowest BCUT2D eigenvalue weighted by Crippen LogP contribution is -2.25. The van der Waals surface area contributed by atoms with E-state index in [0.29, 0.717) is 0 Å². The largest absolute Gasteiger partial charge is 0.523 e. The van der Waals surface area contributed by atoms with Crippen LogP contribution in [0, 0.1) is 0 Å². The minimum atomic E-state index is -5.55. The fourth-order valence-corrected chi connectivity index (χ4v) is 1.48. The van der Waals surface area contributed by atoms with Gasteiger partial charge in [-0.15, -0.1) is 0 Å². The topological polar surface area (TPSA) is 43.4 Å². The van der Waals surface area contributed by atoms with Crippen LogP contribution in [0.5, 0.6) is 0 Å². The van der Waals surface area contributed by atoms with Crippen LogP contribution in [0.3, 0.4) is 0 Å². The van der Waals surface area contributed by atoms with E-state index >= 15 is 0 Å². The molecule has 0 aliphatic rings. The van der Waals surface area contributed by atoms with Gasteiger partial charge >= 0.3 is 15.6 Å². The molecule has 0 unspecified atom stereocenters. The molecule has 0 amide bonds. The third-order valence-corrected chi connectivity index (χ3v) is 2.78. The Morgan fingerprint density at radius 3 is 2.44 bits per heavy atom. The fraction of sp³-hybridized carbons (Fsp3) is 0.250. The van der Waals surface area contributed by atoms with Crippen molar-refractivity contribution in [3.63, 3.8) is 0 Å². The molecular weight excluding hydrogens is 269 g/mol. The molecule has 0 N–H and O–H groups in total. The van der Waals surface area contributed by atoms with Crippen molar-refractivity contribution in [2.24, 2.45) is 0 Å². The lowest BCUT2D eigenvalue weighted by Gasteiger charge is -2.08. The first-order chi connectivity index (χ1) is 7.22. The number of rotatable bonds is 3. The Bertz CT molecular complexity index is 470. The van der Waals surface area contributed by atoms with Gasteiger partial charge in [-0.25, -0.2) is 0 Å². The summed E-state index contributed by atoms with van der Waals surface area (Å²) >= 11 is 5.56. The molecule has 0 spiro atoms. The maximum Gasteiger partial charge on any atom is 0.523 e. The summed E-state index contributed by atoms with van der Waals surface area (Å²) in [5.74, 6) is 0. The van der Waals surface area contributed by atoms with E-state index in [4.69, 9.17) is 11.6 Å². The molecule has 0 saturated carbocycles. The third kappa shape index (κ3) is 3.36. The van der Waals surface area contributed by atoms with Gasteiger partial charge in [0.15, 0.2) is 0 Å². The number of alkyl halides is 3. The highest BCUT2D eigenvalue weighted by molar-refractivity contribution is 7.87. The molecule has 0 aliphatic heterocycles. The second-order valence-corrected chi connectivity index (χ2v) is 4.84. The van der Waals surface area contributed by atoms with Gasteiger partial charge < -0.3 is 0 Å². The summed E-state index contributed by atoms with van der Waals surface area (Å²) < 4.78 is 60.5. The van der Waals surface area contributed by atoms with Crippen LogP contribution in [0.2, 0.25) is 5.02 Å². The zero-order valence-electron chi connectivity index (χ0n) is 7.66. The number of hydrogen-bond donors (Lipinski definition) is 0. The molecule has 0 aliphatic carbocycles. The van der Waals surface area contributed by atoms with Gasteiger partial charge in [0.05, 0.1) is 6.61 Å². The lowest BCUT2D eigenvalue weighted by atomic mass is 10.2. The first kappa shape index (κ1) is 13.3. The van der Waals surface area contributed by atoms with Crippen molar-refractivity contribution in [3.05, 3.63) is 34.9 Å². The van der Waals surface area contributed by atoms with E-state index in [9.17, 15) is 21.6 Å². The van der Waals surface area contributed by atoms with Crippen molar-refractivity contribution in [2.75, 3.05) is 0 Å². The molecule has 1 aromatic carbocycles. The minimum absolute atomic E-state index is 0.236. The minimum Gasteiger partial charge on any atom is -0.258 e. The van der Waals surface area contributed by atoms with Gasteiger partial charge in [0.1, 0.15) is 0 Å². The summed E-state index contributed by atoms with van der Waals surface area (Å²) in [7, 11) is -5.55. The van der Waals surface area contributed by atoms with Crippen LogP contribution < -0.4 is 0 Å². The maximum absolute atomic E-state index is 11.9. The van der Waals surface area contributed by atoms with E-state index in [2.05, 4.69) is 4.18 Å². The van der Waals surface area contributed by atoms with Crippen molar-refractivity contribution in [1.29, 1.82) is 0 Å². The molecule has 3 nitrogen and oxygen atoms in total. The average Bonchev–Trinajstić information content (AvgIpc) is 2.13. The molecule has 0 fully saturated rings. The zero-order chi connectivity index (χ0) is 12.4. The second kappa shape index (κ2) is 4.60. The summed E-state index contributed by atoms with van der Waals surface area (Å²) in [6.45, 7) is -0.706. The normalized spacial score (nSPS) is 12.8. The van der Waals surface area contributed by atoms with E-state index < -0.39 is 22.2 Å². The summed E-state index contributed by atoms with van der Waals surface area (Å²) in [5.41, 5.74) is -5.17. The van der Waals surface area contributed by atoms with Crippen molar-refractivity contribution in [2.45, 2.75) is 12.1 Å². The summed E-state index contributed by atoms with van der Waals surface area (Å²) in [4.78, 5) is 0. The molecule has 0 heterocycles. The SMILES string of the molecule is O=S(=O)(OCc1cccc(Cl)c1)C(F)(F)F. The van der Waals surface area contributed by atoms with Gasteiger partial charge in [0, 0.05) is 5.02 Å². The highest BCUT2D eigenvalue weighted by Crippen LogP contribution is 2.25. The van der Waals surface area contributed by atoms with Crippen LogP contribution in [0.4, 0.5) is 13.2 Å². The van der Waals surface area contributed by atoms with E-state index in [1.807, 2.05) is 0 Å². The van der Waals surface area contributed by atoms with E-state index in [-0.39, 0.29) is 10.6 Å². The van der Waals surface area contributed by atoms with Crippen molar-refractivity contribution in [3.8, 4) is 0 Å². The van der Waals surface area contributed by atoms with Crippen LogP contribution in [-0.4, -0.2) is 13.9 Å². The number of halogens is 4. The standard InChI is InChI=1S/C8H6ClF3O3S/c9-7-3-1-2-6(4-7)5-15-16(13,14)8(10,11)12/h1-4H,5H2. The van der Waals surface area contributed by atoms with Crippen LogP contribution in [-0.2, 0) is 20.9 Å². The Morgan fingerprint density at radius 1 is 1.31 bits per heavy atom. The molecule has 0 saturated heterocycles. The summed E-state index contributed by atoms with van der Waals surface area (Å²) in [6.07, 6.45) is 0. The van der Waals surface area contributed by atoms with Crippen LogP contribution >= 0.6 is 11.6 Å². The maximum atomic E-state index is 11.9.